The molecule has 0 radical (unpaired) electrons. The highest BCUT2D eigenvalue weighted by molar-refractivity contribution is 6.06. The molecule has 30 heavy (non-hydrogen) atoms. The van der Waals surface area contributed by atoms with E-state index in [1.165, 1.54) is 30.5 Å². The van der Waals surface area contributed by atoms with E-state index in [9.17, 15) is 4.79 Å². The lowest BCUT2D eigenvalue weighted by molar-refractivity contribution is 0.0984. The van der Waals surface area contributed by atoms with Crippen LogP contribution in [0.1, 0.15) is 35.3 Å². The first-order valence-electron chi connectivity index (χ1n) is 10.8. The molecule has 5 heteroatoms. The van der Waals surface area contributed by atoms with Gasteiger partial charge in [-0.1, -0.05) is 18.2 Å². The molecule has 152 valence electrons. The van der Waals surface area contributed by atoms with Gasteiger partial charge in [-0.25, -0.2) is 4.98 Å². The first-order chi connectivity index (χ1) is 14.8. The highest BCUT2D eigenvalue weighted by atomic mass is 16.2. The molecule has 0 aliphatic carbocycles. The Hall–Kier alpha value is -3.34. The molecule has 5 nitrogen and oxygen atoms in total. The maximum absolute atomic E-state index is 12.9. The van der Waals surface area contributed by atoms with Crippen LogP contribution in [-0.4, -0.2) is 30.5 Å². The van der Waals surface area contributed by atoms with Gasteiger partial charge in [-0.15, -0.1) is 0 Å². The summed E-state index contributed by atoms with van der Waals surface area (Å²) in [4.78, 5) is 21.6. The van der Waals surface area contributed by atoms with Crippen molar-refractivity contribution in [2.45, 2.75) is 25.7 Å². The molecule has 1 amide bonds. The Labute approximate surface area is 177 Å². The molecule has 2 aliphatic rings. The number of para-hydroxylation sites is 1. The van der Waals surface area contributed by atoms with Crippen molar-refractivity contribution in [2.75, 3.05) is 34.8 Å². The minimum Gasteiger partial charge on any atom is -0.372 e. The van der Waals surface area contributed by atoms with E-state index in [4.69, 9.17) is 0 Å². The van der Waals surface area contributed by atoms with E-state index in [1.54, 1.807) is 12.3 Å². The zero-order valence-electron chi connectivity index (χ0n) is 17.1. The van der Waals surface area contributed by atoms with Crippen LogP contribution < -0.4 is 15.1 Å². The van der Waals surface area contributed by atoms with Gasteiger partial charge < -0.3 is 15.1 Å². The second-order valence-electron chi connectivity index (χ2n) is 7.99. The Morgan fingerprint density at radius 2 is 1.60 bits per heavy atom. The number of rotatable bonds is 4. The van der Waals surface area contributed by atoms with Gasteiger partial charge in [-0.05, 0) is 73.7 Å². The summed E-state index contributed by atoms with van der Waals surface area (Å²) < 4.78 is 0. The van der Waals surface area contributed by atoms with Gasteiger partial charge in [0, 0.05) is 36.7 Å². The lowest BCUT2D eigenvalue weighted by Gasteiger charge is -2.28. The molecule has 2 aromatic carbocycles. The van der Waals surface area contributed by atoms with Crippen molar-refractivity contribution >= 4 is 28.7 Å². The number of carbonyl (C=O) groups is 1. The number of nitrogens with zero attached hydrogens (tertiary/aromatic N) is 3. The van der Waals surface area contributed by atoms with Crippen LogP contribution in [0.4, 0.5) is 22.7 Å². The van der Waals surface area contributed by atoms with Crippen LogP contribution in [0.5, 0.6) is 0 Å². The van der Waals surface area contributed by atoms with E-state index < -0.39 is 0 Å². The third-order valence-corrected chi connectivity index (χ3v) is 5.99. The summed E-state index contributed by atoms with van der Waals surface area (Å²) in [6.45, 7) is 3.00. The number of piperidine rings is 1. The van der Waals surface area contributed by atoms with Gasteiger partial charge in [0.25, 0.3) is 5.91 Å². The third-order valence-electron chi connectivity index (χ3n) is 5.99. The zero-order chi connectivity index (χ0) is 20.3. The average Bonchev–Trinajstić information content (AvgIpc) is 3.24. The van der Waals surface area contributed by atoms with E-state index in [0.717, 1.165) is 36.6 Å². The fourth-order valence-corrected chi connectivity index (χ4v) is 4.36. The van der Waals surface area contributed by atoms with Crippen molar-refractivity contribution in [2.24, 2.45) is 0 Å². The molecule has 3 aromatic rings. The van der Waals surface area contributed by atoms with Crippen LogP contribution in [0.15, 0.2) is 66.9 Å². The quantitative estimate of drug-likeness (QED) is 0.670. The number of amides is 1. The first kappa shape index (κ1) is 18.7. The van der Waals surface area contributed by atoms with Crippen LogP contribution in [0, 0.1) is 0 Å². The summed E-state index contributed by atoms with van der Waals surface area (Å²) in [5, 5.41) is 3.38. The van der Waals surface area contributed by atoms with E-state index in [-0.39, 0.29) is 5.91 Å². The highest BCUT2D eigenvalue weighted by Gasteiger charge is 2.25. The van der Waals surface area contributed by atoms with Crippen molar-refractivity contribution in [3.8, 4) is 0 Å². The van der Waals surface area contributed by atoms with E-state index in [1.807, 2.05) is 29.2 Å². The van der Waals surface area contributed by atoms with Gasteiger partial charge in [0.2, 0.25) is 0 Å². The summed E-state index contributed by atoms with van der Waals surface area (Å²) in [5.74, 6) is -0.0441. The molecule has 1 N–H and O–H groups in total. The van der Waals surface area contributed by atoms with E-state index in [2.05, 4.69) is 45.5 Å². The summed E-state index contributed by atoms with van der Waals surface area (Å²) in [5.41, 5.74) is 5.87. The topological polar surface area (TPSA) is 48.5 Å². The average molecular weight is 399 g/mol. The number of fused-ring (bicyclic) bond motifs is 1. The molecule has 3 heterocycles. The number of hydrogen-bond acceptors (Lipinski definition) is 4. The van der Waals surface area contributed by atoms with Gasteiger partial charge in [0.15, 0.2) is 0 Å². The SMILES string of the molecule is O=C(c1ccc(Nc2ccc(N3CCCCC3)cc2)cn1)N1CCc2ccccc21. The summed E-state index contributed by atoms with van der Waals surface area (Å²) in [7, 11) is 0. The van der Waals surface area contributed by atoms with Gasteiger partial charge in [-0.2, -0.15) is 0 Å². The summed E-state index contributed by atoms with van der Waals surface area (Å²) >= 11 is 0. The molecule has 5 rings (SSSR count). The Bertz CT molecular complexity index is 1020. The number of carbonyl (C=O) groups excluding carboxylic acids is 1. The van der Waals surface area contributed by atoms with Gasteiger partial charge >= 0.3 is 0 Å². The summed E-state index contributed by atoms with van der Waals surface area (Å²) in [6.07, 6.45) is 6.52. The number of aromatic nitrogens is 1. The van der Waals surface area contributed by atoms with Crippen molar-refractivity contribution in [1.29, 1.82) is 0 Å². The monoisotopic (exact) mass is 398 g/mol. The molecule has 0 atom stereocenters. The third kappa shape index (κ3) is 3.75. The molecular weight excluding hydrogens is 372 g/mol. The maximum atomic E-state index is 12.9. The van der Waals surface area contributed by atoms with Crippen LogP contribution in [0.25, 0.3) is 0 Å². The first-order valence-corrected chi connectivity index (χ1v) is 10.8. The number of nitrogens with one attached hydrogen (secondary N) is 1. The molecule has 2 aliphatic heterocycles. The molecule has 1 fully saturated rings. The van der Waals surface area contributed by atoms with Crippen LogP contribution in [0.2, 0.25) is 0 Å². The van der Waals surface area contributed by atoms with Crippen molar-refractivity contribution in [1.82, 2.24) is 4.98 Å². The summed E-state index contributed by atoms with van der Waals surface area (Å²) in [6, 6.07) is 20.3. The Morgan fingerprint density at radius 3 is 2.37 bits per heavy atom. The van der Waals surface area contributed by atoms with Crippen LogP contribution in [0.3, 0.4) is 0 Å². The number of pyridine rings is 1. The normalized spacial score (nSPS) is 15.7. The maximum Gasteiger partial charge on any atom is 0.276 e. The van der Waals surface area contributed by atoms with Crippen molar-refractivity contribution in [3.05, 3.63) is 78.1 Å². The van der Waals surface area contributed by atoms with Gasteiger partial charge in [0.05, 0.1) is 11.9 Å². The standard InChI is InChI=1S/C25H26N4O/c30-25(29-17-14-19-6-2-3-7-24(19)29)23-13-10-21(18-26-23)27-20-8-11-22(12-9-20)28-15-4-1-5-16-28/h2-3,6-13,18,27H,1,4-5,14-17H2. The predicted octanol–water partition coefficient (Wildman–Crippen LogP) is 5.02. The van der Waals surface area contributed by atoms with Crippen molar-refractivity contribution in [3.63, 3.8) is 0 Å². The van der Waals surface area contributed by atoms with E-state index in [0.29, 0.717) is 12.2 Å². The Kier molecular flexibility index (Phi) is 5.10. The zero-order valence-corrected chi connectivity index (χ0v) is 17.1. The molecular formula is C25H26N4O. The highest BCUT2D eigenvalue weighted by Crippen LogP contribution is 2.29. The lowest BCUT2D eigenvalue weighted by atomic mass is 10.1. The fraction of sp³-hybridized carbons (Fsp3) is 0.280. The largest absolute Gasteiger partial charge is 0.372 e. The second-order valence-corrected chi connectivity index (χ2v) is 7.99. The molecule has 0 spiro atoms. The minimum atomic E-state index is -0.0441. The minimum absolute atomic E-state index is 0.0441. The molecule has 1 saturated heterocycles. The molecule has 1 aromatic heterocycles. The lowest BCUT2D eigenvalue weighted by Crippen LogP contribution is -2.29. The van der Waals surface area contributed by atoms with E-state index >= 15 is 0 Å². The number of anilines is 4. The van der Waals surface area contributed by atoms with Gasteiger partial charge in [0.1, 0.15) is 5.69 Å². The second kappa shape index (κ2) is 8.19. The number of benzene rings is 2. The number of hydrogen-bond donors (Lipinski definition) is 1. The molecule has 0 unspecified atom stereocenters. The fourth-order valence-electron chi connectivity index (χ4n) is 4.36. The van der Waals surface area contributed by atoms with Crippen LogP contribution in [-0.2, 0) is 6.42 Å². The smallest absolute Gasteiger partial charge is 0.276 e. The molecule has 0 bridgehead atoms. The predicted molar refractivity (Wildman–Crippen MR) is 122 cm³/mol. The van der Waals surface area contributed by atoms with Gasteiger partial charge in [-0.3, -0.25) is 4.79 Å². The van der Waals surface area contributed by atoms with Crippen LogP contribution >= 0.6 is 0 Å². The Balaban J connectivity index is 1.25. The molecule has 0 saturated carbocycles. The Morgan fingerprint density at radius 1 is 0.833 bits per heavy atom. The van der Waals surface area contributed by atoms with Crippen molar-refractivity contribution < 1.29 is 4.79 Å².